The van der Waals surface area contributed by atoms with Crippen molar-refractivity contribution in [2.45, 2.75) is 46.1 Å². The molecule has 3 nitrogen and oxygen atoms in total. The van der Waals surface area contributed by atoms with Gasteiger partial charge in [-0.15, -0.1) is 0 Å². The van der Waals surface area contributed by atoms with E-state index < -0.39 is 0 Å². The first kappa shape index (κ1) is 16.4. The number of hydrogen-bond acceptors (Lipinski definition) is 3. The van der Waals surface area contributed by atoms with E-state index in [4.69, 9.17) is 21.1 Å². The molecule has 1 aliphatic rings. The van der Waals surface area contributed by atoms with Crippen LogP contribution in [0.15, 0.2) is 12.1 Å². The van der Waals surface area contributed by atoms with Crippen molar-refractivity contribution >= 4 is 11.6 Å². The van der Waals surface area contributed by atoms with Gasteiger partial charge in [-0.25, -0.2) is 0 Å². The van der Waals surface area contributed by atoms with E-state index in [-0.39, 0.29) is 6.04 Å². The molecule has 2 atom stereocenters. The van der Waals surface area contributed by atoms with Crippen molar-refractivity contribution in [2.24, 2.45) is 5.92 Å². The van der Waals surface area contributed by atoms with Gasteiger partial charge in [0.05, 0.1) is 0 Å². The maximum Gasteiger partial charge on any atom is 0.162 e. The molecule has 1 N–H and O–H groups in total. The fraction of sp³-hybridized carbons (Fsp3) is 0.647. The molecule has 0 spiro atoms. The summed E-state index contributed by atoms with van der Waals surface area (Å²) in [7, 11) is 0. The number of hydrogen-bond donors (Lipinski definition) is 1. The third-order valence-corrected chi connectivity index (χ3v) is 4.25. The van der Waals surface area contributed by atoms with E-state index in [1.807, 2.05) is 6.07 Å². The number of rotatable bonds is 7. The Morgan fingerprint density at radius 1 is 1.14 bits per heavy atom. The Morgan fingerprint density at radius 2 is 1.81 bits per heavy atom. The number of fused-ring (bicyclic) bond motifs is 1. The van der Waals surface area contributed by atoms with E-state index >= 15 is 0 Å². The SMILES string of the molecule is CCCNC(c1cc2c(cc1Cl)OCCO2)C(C)CCC. The van der Waals surface area contributed by atoms with E-state index in [9.17, 15) is 0 Å². The van der Waals surface area contributed by atoms with Crippen molar-refractivity contribution in [3.05, 3.63) is 22.7 Å². The highest BCUT2D eigenvalue weighted by molar-refractivity contribution is 6.31. The van der Waals surface area contributed by atoms with Crippen molar-refractivity contribution in [1.29, 1.82) is 0 Å². The predicted molar refractivity (Wildman–Crippen MR) is 87.5 cm³/mol. The lowest BCUT2D eigenvalue weighted by atomic mass is 9.90. The largest absolute Gasteiger partial charge is 0.486 e. The van der Waals surface area contributed by atoms with Crippen molar-refractivity contribution in [2.75, 3.05) is 19.8 Å². The molecule has 1 aliphatic heterocycles. The average molecular weight is 312 g/mol. The van der Waals surface area contributed by atoms with Crippen LogP contribution in [0.25, 0.3) is 0 Å². The van der Waals surface area contributed by atoms with Gasteiger partial charge in [0.2, 0.25) is 0 Å². The van der Waals surface area contributed by atoms with Crippen LogP contribution >= 0.6 is 11.6 Å². The molecule has 0 aliphatic carbocycles. The van der Waals surface area contributed by atoms with Gasteiger partial charge in [-0.05, 0) is 36.9 Å². The van der Waals surface area contributed by atoms with E-state index in [1.54, 1.807) is 0 Å². The second-order valence-electron chi connectivity index (χ2n) is 5.72. The number of benzene rings is 1. The normalized spacial score (nSPS) is 16.6. The number of ether oxygens (including phenoxy) is 2. The van der Waals surface area contributed by atoms with E-state index in [0.29, 0.717) is 19.1 Å². The van der Waals surface area contributed by atoms with E-state index in [0.717, 1.165) is 35.1 Å². The lowest BCUT2D eigenvalue weighted by Crippen LogP contribution is -2.28. The van der Waals surface area contributed by atoms with Crippen LogP contribution in [0.3, 0.4) is 0 Å². The quantitative estimate of drug-likeness (QED) is 0.799. The van der Waals surface area contributed by atoms with Crippen LogP contribution in [0.4, 0.5) is 0 Å². The fourth-order valence-electron chi connectivity index (χ4n) is 2.86. The number of nitrogens with one attached hydrogen (secondary N) is 1. The first-order valence-corrected chi connectivity index (χ1v) is 8.37. The van der Waals surface area contributed by atoms with Crippen molar-refractivity contribution < 1.29 is 9.47 Å². The Bertz CT molecular complexity index is 464. The Labute approximate surface area is 133 Å². The summed E-state index contributed by atoms with van der Waals surface area (Å²) in [5, 5.41) is 4.40. The van der Waals surface area contributed by atoms with Crippen molar-refractivity contribution in [3.8, 4) is 11.5 Å². The minimum Gasteiger partial charge on any atom is -0.486 e. The van der Waals surface area contributed by atoms with Gasteiger partial charge in [-0.3, -0.25) is 0 Å². The molecule has 1 heterocycles. The zero-order valence-electron chi connectivity index (χ0n) is 13.2. The Balaban J connectivity index is 2.29. The predicted octanol–water partition coefficient (Wildman–Crippen LogP) is 4.59. The van der Waals surface area contributed by atoms with Gasteiger partial charge in [-0.1, -0.05) is 38.8 Å². The van der Waals surface area contributed by atoms with Crippen molar-refractivity contribution in [3.63, 3.8) is 0 Å². The van der Waals surface area contributed by atoms with Crippen LogP contribution < -0.4 is 14.8 Å². The molecule has 0 radical (unpaired) electrons. The molecule has 2 rings (SSSR count). The second kappa shape index (κ2) is 7.90. The highest BCUT2D eigenvalue weighted by atomic mass is 35.5. The summed E-state index contributed by atoms with van der Waals surface area (Å²) in [4.78, 5) is 0. The molecule has 2 unspecified atom stereocenters. The van der Waals surface area contributed by atoms with Gasteiger partial charge in [0.15, 0.2) is 11.5 Å². The molecule has 0 fully saturated rings. The van der Waals surface area contributed by atoms with E-state index in [1.165, 1.54) is 12.8 Å². The van der Waals surface area contributed by atoms with Crippen molar-refractivity contribution in [1.82, 2.24) is 5.32 Å². The van der Waals surface area contributed by atoms with Crippen LogP contribution in [0.1, 0.15) is 51.6 Å². The summed E-state index contributed by atoms with van der Waals surface area (Å²) in [6, 6.07) is 4.20. The molecular weight excluding hydrogens is 286 g/mol. The Kier molecular flexibility index (Phi) is 6.19. The van der Waals surface area contributed by atoms with Crippen LogP contribution in [0.2, 0.25) is 5.02 Å². The van der Waals surface area contributed by atoms with Crippen LogP contribution in [-0.2, 0) is 0 Å². The highest BCUT2D eigenvalue weighted by Crippen LogP contribution is 2.40. The molecule has 0 saturated carbocycles. The summed E-state index contributed by atoms with van der Waals surface area (Å²) in [6.07, 6.45) is 3.46. The van der Waals surface area contributed by atoms with Crippen LogP contribution in [0.5, 0.6) is 11.5 Å². The third-order valence-electron chi connectivity index (χ3n) is 3.92. The summed E-state index contributed by atoms with van der Waals surface area (Å²) in [6.45, 7) is 8.87. The third kappa shape index (κ3) is 4.04. The summed E-state index contributed by atoms with van der Waals surface area (Å²) in [5.41, 5.74) is 1.12. The minimum absolute atomic E-state index is 0.258. The monoisotopic (exact) mass is 311 g/mol. The lowest BCUT2D eigenvalue weighted by Gasteiger charge is -2.28. The molecule has 4 heteroatoms. The molecule has 118 valence electrons. The molecule has 21 heavy (non-hydrogen) atoms. The van der Waals surface area contributed by atoms with Crippen LogP contribution in [0, 0.1) is 5.92 Å². The standard InChI is InChI=1S/C17H26ClNO2/c1-4-6-12(3)17(19-7-5-2)13-10-15-16(11-14(13)18)21-9-8-20-15/h10-12,17,19H,4-9H2,1-3H3. The first-order chi connectivity index (χ1) is 10.2. The minimum atomic E-state index is 0.258. The molecule has 1 aromatic rings. The fourth-order valence-corrected chi connectivity index (χ4v) is 3.13. The first-order valence-electron chi connectivity index (χ1n) is 7.99. The summed E-state index contributed by atoms with van der Waals surface area (Å²) < 4.78 is 11.3. The summed E-state index contributed by atoms with van der Waals surface area (Å²) >= 11 is 6.50. The maximum atomic E-state index is 6.50. The Hall–Kier alpha value is -0.930. The molecular formula is C17H26ClNO2. The van der Waals surface area contributed by atoms with Gasteiger partial charge < -0.3 is 14.8 Å². The van der Waals surface area contributed by atoms with Crippen LogP contribution in [-0.4, -0.2) is 19.8 Å². The molecule has 0 saturated heterocycles. The lowest BCUT2D eigenvalue weighted by molar-refractivity contribution is 0.171. The number of halogens is 1. The van der Waals surface area contributed by atoms with Gasteiger partial charge in [-0.2, -0.15) is 0 Å². The average Bonchev–Trinajstić information content (AvgIpc) is 2.48. The van der Waals surface area contributed by atoms with Gasteiger partial charge in [0, 0.05) is 17.1 Å². The Morgan fingerprint density at radius 3 is 2.43 bits per heavy atom. The molecule has 0 aromatic heterocycles. The zero-order chi connectivity index (χ0) is 15.2. The topological polar surface area (TPSA) is 30.5 Å². The second-order valence-corrected chi connectivity index (χ2v) is 6.12. The van der Waals surface area contributed by atoms with E-state index in [2.05, 4.69) is 32.2 Å². The van der Waals surface area contributed by atoms with Gasteiger partial charge >= 0.3 is 0 Å². The maximum absolute atomic E-state index is 6.50. The zero-order valence-corrected chi connectivity index (χ0v) is 14.0. The molecule has 1 aromatic carbocycles. The smallest absolute Gasteiger partial charge is 0.162 e. The molecule has 0 amide bonds. The summed E-state index contributed by atoms with van der Waals surface area (Å²) in [5.74, 6) is 2.10. The van der Waals surface area contributed by atoms with Gasteiger partial charge in [0.1, 0.15) is 13.2 Å². The highest BCUT2D eigenvalue weighted by Gasteiger charge is 2.24. The van der Waals surface area contributed by atoms with Gasteiger partial charge in [0.25, 0.3) is 0 Å². The molecule has 0 bridgehead atoms.